The fourth-order valence-corrected chi connectivity index (χ4v) is 8.72. The first-order chi connectivity index (χ1) is 23.4. The van der Waals surface area contributed by atoms with Gasteiger partial charge in [0.15, 0.2) is 0 Å². The Morgan fingerprint density at radius 1 is 0.979 bits per heavy atom. The molecule has 0 radical (unpaired) electrons. The summed E-state index contributed by atoms with van der Waals surface area (Å²) in [6, 6.07) is 15.1. The van der Waals surface area contributed by atoms with Crippen LogP contribution in [0.25, 0.3) is 32.0 Å². The monoisotopic (exact) mass is 662 g/mol. The van der Waals surface area contributed by atoms with Gasteiger partial charge in [-0.25, -0.2) is 23.7 Å². The van der Waals surface area contributed by atoms with Crippen molar-refractivity contribution in [3.63, 3.8) is 0 Å². The SMILES string of the molecule is O=C1c2c(nc(CCc3ccc(F)cc3)c(-c3n[nH]c(=O)o3)c2-c2cc3ccnc(N[C@H]4CCc5cc(F)ccc54)c3s2)C2CCCN12. The lowest BCUT2D eigenvalue weighted by atomic mass is 9.93. The summed E-state index contributed by atoms with van der Waals surface area (Å²) in [5, 5.41) is 11.1. The molecule has 240 valence electrons. The van der Waals surface area contributed by atoms with E-state index in [1.54, 1.807) is 24.4 Å². The molecule has 1 unspecified atom stereocenters. The third-order valence-electron chi connectivity index (χ3n) is 9.73. The number of aromatic nitrogens is 4. The minimum Gasteiger partial charge on any atom is -0.388 e. The lowest BCUT2D eigenvalue weighted by Crippen LogP contribution is -2.22. The highest BCUT2D eigenvalue weighted by atomic mass is 32.1. The number of carbonyl (C=O) groups excluding carboxylic acids is 1. The van der Waals surface area contributed by atoms with E-state index in [4.69, 9.17) is 14.4 Å². The number of aromatic amines is 1. The molecule has 1 aliphatic carbocycles. The maximum absolute atomic E-state index is 14.1. The molecule has 1 saturated heterocycles. The minimum absolute atomic E-state index is 0.0184. The van der Waals surface area contributed by atoms with Gasteiger partial charge in [0.1, 0.15) is 17.5 Å². The number of thiophene rings is 1. The van der Waals surface area contributed by atoms with Crippen molar-refractivity contribution in [1.29, 1.82) is 0 Å². The molecule has 12 heteroatoms. The highest BCUT2D eigenvalue weighted by Crippen LogP contribution is 2.50. The Balaban J connectivity index is 1.21. The number of halogens is 2. The molecule has 48 heavy (non-hydrogen) atoms. The molecule has 0 spiro atoms. The van der Waals surface area contributed by atoms with E-state index in [0.717, 1.165) is 63.0 Å². The maximum atomic E-state index is 14.1. The number of carbonyl (C=O) groups is 1. The van der Waals surface area contributed by atoms with Crippen molar-refractivity contribution in [1.82, 2.24) is 25.1 Å². The second kappa shape index (κ2) is 11.2. The zero-order valence-corrected chi connectivity index (χ0v) is 26.4. The number of hydrogen-bond acceptors (Lipinski definition) is 8. The average Bonchev–Trinajstić information content (AvgIpc) is 3.92. The topological polar surface area (TPSA) is 117 Å². The molecule has 2 aromatic carbocycles. The van der Waals surface area contributed by atoms with Crippen LogP contribution in [-0.2, 0) is 19.3 Å². The van der Waals surface area contributed by atoms with Gasteiger partial charge >= 0.3 is 5.76 Å². The van der Waals surface area contributed by atoms with Gasteiger partial charge in [-0.3, -0.25) is 9.78 Å². The predicted octanol–water partition coefficient (Wildman–Crippen LogP) is 7.16. The number of anilines is 1. The van der Waals surface area contributed by atoms with E-state index in [1.807, 2.05) is 23.1 Å². The normalized spacial score (nSPS) is 18.0. The van der Waals surface area contributed by atoms with Gasteiger partial charge in [0, 0.05) is 23.2 Å². The van der Waals surface area contributed by atoms with Gasteiger partial charge in [0.25, 0.3) is 11.8 Å². The molecule has 9 nitrogen and oxygen atoms in total. The first kappa shape index (κ1) is 29.0. The lowest BCUT2D eigenvalue weighted by molar-refractivity contribution is 0.0776. The Labute approximate surface area is 276 Å². The summed E-state index contributed by atoms with van der Waals surface area (Å²) < 4.78 is 34.1. The molecule has 0 bridgehead atoms. The molecule has 3 aliphatic rings. The van der Waals surface area contributed by atoms with Crippen LogP contribution in [0, 0.1) is 11.6 Å². The van der Waals surface area contributed by atoms with Crippen LogP contribution in [0.5, 0.6) is 0 Å². The highest BCUT2D eigenvalue weighted by Gasteiger charge is 2.45. The van der Waals surface area contributed by atoms with Crippen LogP contribution in [0.2, 0.25) is 0 Å². The Morgan fingerprint density at radius 2 is 1.83 bits per heavy atom. The summed E-state index contributed by atoms with van der Waals surface area (Å²) in [5.74, 6) is -0.594. The third kappa shape index (κ3) is 4.73. The van der Waals surface area contributed by atoms with E-state index in [1.165, 1.54) is 29.5 Å². The van der Waals surface area contributed by atoms with E-state index in [2.05, 4.69) is 15.5 Å². The summed E-state index contributed by atoms with van der Waals surface area (Å²) in [5.41, 5.74) is 5.99. The van der Waals surface area contributed by atoms with Crippen molar-refractivity contribution in [2.24, 2.45) is 0 Å². The average molecular weight is 663 g/mol. The first-order valence-electron chi connectivity index (χ1n) is 16.0. The lowest BCUT2D eigenvalue weighted by Gasteiger charge is -2.16. The fourth-order valence-electron chi connectivity index (χ4n) is 7.55. The summed E-state index contributed by atoms with van der Waals surface area (Å²) in [6.07, 6.45) is 6.05. The molecule has 6 heterocycles. The van der Waals surface area contributed by atoms with E-state index < -0.39 is 5.76 Å². The van der Waals surface area contributed by atoms with E-state index in [0.29, 0.717) is 47.6 Å². The summed E-state index contributed by atoms with van der Waals surface area (Å²) in [4.78, 5) is 38.9. The molecule has 1 amide bonds. The smallest absolute Gasteiger partial charge is 0.388 e. The molecule has 6 aromatic rings. The van der Waals surface area contributed by atoms with Crippen molar-refractivity contribution in [2.45, 2.75) is 50.6 Å². The summed E-state index contributed by atoms with van der Waals surface area (Å²) >= 11 is 1.50. The quantitative estimate of drug-likeness (QED) is 0.186. The second-order valence-corrected chi connectivity index (χ2v) is 13.6. The largest absolute Gasteiger partial charge is 0.434 e. The first-order valence-corrected chi connectivity index (χ1v) is 16.8. The van der Waals surface area contributed by atoms with Crippen molar-refractivity contribution < 1.29 is 18.0 Å². The van der Waals surface area contributed by atoms with Crippen molar-refractivity contribution in [3.05, 3.63) is 117 Å². The molecule has 4 aromatic heterocycles. The Morgan fingerprint density at radius 3 is 2.67 bits per heavy atom. The van der Waals surface area contributed by atoms with E-state index >= 15 is 0 Å². The van der Waals surface area contributed by atoms with Gasteiger partial charge < -0.3 is 14.6 Å². The molecule has 2 aliphatic heterocycles. The van der Waals surface area contributed by atoms with Crippen LogP contribution in [0.15, 0.2) is 70.0 Å². The molecular weight excluding hydrogens is 634 g/mol. The molecule has 1 fully saturated rings. The molecule has 2 atom stereocenters. The highest BCUT2D eigenvalue weighted by molar-refractivity contribution is 7.23. The van der Waals surface area contributed by atoms with Crippen LogP contribution in [0.1, 0.15) is 69.8 Å². The Bertz CT molecular complexity index is 2310. The third-order valence-corrected chi connectivity index (χ3v) is 10.9. The molecule has 0 saturated carbocycles. The minimum atomic E-state index is -0.711. The van der Waals surface area contributed by atoms with Crippen LogP contribution < -0.4 is 11.1 Å². The number of fused-ring (bicyclic) bond motifs is 5. The van der Waals surface area contributed by atoms with Crippen molar-refractivity contribution in [3.8, 4) is 21.9 Å². The van der Waals surface area contributed by atoms with Gasteiger partial charge in [-0.1, -0.05) is 18.2 Å². The van der Waals surface area contributed by atoms with Gasteiger partial charge in [-0.15, -0.1) is 16.4 Å². The Kier molecular flexibility index (Phi) is 6.75. The molecular formula is C36H28F2N6O3S. The Hall–Kier alpha value is -5.23. The molecule has 2 N–H and O–H groups in total. The maximum Gasteiger partial charge on any atom is 0.434 e. The number of rotatable bonds is 7. The number of benzene rings is 2. The van der Waals surface area contributed by atoms with Gasteiger partial charge in [-0.05, 0) is 97.0 Å². The number of nitrogens with zero attached hydrogens (tertiary/aromatic N) is 4. The number of pyridine rings is 2. The number of hydrogen-bond donors (Lipinski definition) is 2. The zero-order valence-electron chi connectivity index (χ0n) is 25.6. The van der Waals surface area contributed by atoms with E-state index in [9.17, 15) is 18.4 Å². The van der Waals surface area contributed by atoms with Crippen LogP contribution in [0.3, 0.4) is 0 Å². The number of aryl methyl sites for hydroxylation is 3. The fraction of sp³-hybridized carbons (Fsp3) is 0.250. The summed E-state index contributed by atoms with van der Waals surface area (Å²) in [7, 11) is 0. The predicted molar refractivity (Wildman–Crippen MR) is 177 cm³/mol. The van der Waals surface area contributed by atoms with Crippen LogP contribution in [-0.4, -0.2) is 37.5 Å². The van der Waals surface area contributed by atoms with Gasteiger partial charge in [0.2, 0.25) is 0 Å². The van der Waals surface area contributed by atoms with Gasteiger partial charge in [-0.2, -0.15) is 0 Å². The van der Waals surface area contributed by atoms with E-state index in [-0.39, 0.29) is 35.5 Å². The number of amides is 1. The number of nitrogens with one attached hydrogen (secondary N) is 2. The second-order valence-electron chi connectivity index (χ2n) is 12.5. The van der Waals surface area contributed by atoms with Crippen LogP contribution >= 0.6 is 11.3 Å². The zero-order chi connectivity index (χ0) is 32.5. The molecule has 9 rings (SSSR count). The summed E-state index contributed by atoms with van der Waals surface area (Å²) in [6.45, 7) is 0.647. The van der Waals surface area contributed by atoms with Gasteiger partial charge in [0.05, 0.1) is 39.3 Å². The van der Waals surface area contributed by atoms with Crippen molar-refractivity contribution in [2.75, 3.05) is 11.9 Å². The van der Waals surface area contributed by atoms with Crippen LogP contribution in [0.4, 0.5) is 14.6 Å². The van der Waals surface area contributed by atoms with Crippen molar-refractivity contribution >= 4 is 33.1 Å². The standard InChI is InChI=1S/C36H28F2N6O3S/c37-21-7-3-18(4-8-21)5-11-25-28(34-42-43-36(46)47-34)29(30-31(40-25)26-2-1-15-44(26)35(30)45)27-17-20-13-14-39-33(32(20)48-27)41-24-12-6-19-16-22(38)9-10-23(19)24/h3-4,7-10,13-14,16-17,24,26H,1-2,5-6,11-12,15H2,(H,39,41)(H,43,46)/t24-,26?/m0/s1. The number of H-pyrrole nitrogens is 1.